The predicted molar refractivity (Wildman–Crippen MR) is 70.4 cm³/mol. The molecule has 0 unspecified atom stereocenters. The maximum absolute atomic E-state index is 10.6. The Morgan fingerprint density at radius 2 is 1.89 bits per heavy atom. The molecule has 0 N–H and O–H groups in total. The molecule has 0 saturated heterocycles. The Balaban J connectivity index is 2.28. The highest BCUT2D eigenvalue weighted by Gasteiger charge is 2.08. The Hall–Kier alpha value is -2.14. The highest BCUT2D eigenvalue weighted by molar-refractivity contribution is 6.29. The molecule has 5 nitrogen and oxygen atoms in total. The molecule has 0 aliphatic heterocycles. The maximum atomic E-state index is 10.6. The van der Waals surface area contributed by atoms with E-state index in [4.69, 9.17) is 11.6 Å². The number of aromatic nitrogens is 1. The lowest BCUT2D eigenvalue weighted by Gasteiger charge is -2.19. The molecule has 0 aliphatic rings. The van der Waals surface area contributed by atoms with Crippen LogP contribution in [-0.2, 0) is 0 Å². The van der Waals surface area contributed by atoms with Crippen LogP contribution in [0.1, 0.15) is 0 Å². The molecule has 0 atom stereocenters. The van der Waals surface area contributed by atoms with Crippen LogP contribution in [0.25, 0.3) is 0 Å². The van der Waals surface area contributed by atoms with Gasteiger partial charge in [0, 0.05) is 36.8 Å². The fourth-order valence-electron chi connectivity index (χ4n) is 1.55. The summed E-state index contributed by atoms with van der Waals surface area (Å²) in [5.41, 5.74) is 1.77. The first-order valence-corrected chi connectivity index (χ1v) is 5.55. The number of rotatable bonds is 3. The average Bonchev–Trinajstić information content (AvgIpc) is 2.38. The van der Waals surface area contributed by atoms with E-state index in [2.05, 4.69) is 4.98 Å². The minimum atomic E-state index is -0.424. The third kappa shape index (κ3) is 2.57. The molecule has 2 rings (SSSR count). The Labute approximate surface area is 109 Å². The Kier molecular flexibility index (Phi) is 3.43. The summed E-state index contributed by atoms with van der Waals surface area (Å²) in [6.07, 6.45) is 1.61. The van der Waals surface area contributed by atoms with Gasteiger partial charge in [-0.1, -0.05) is 11.6 Å². The van der Waals surface area contributed by atoms with Crippen molar-refractivity contribution >= 4 is 28.7 Å². The largest absolute Gasteiger partial charge is 0.344 e. The molecule has 1 aromatic carbocycles. The second-order valence-corrected chi connectivity index (χ2v) is 4.06. The first-order valence-electron chi connectivity index (χ1n) is 5.17. The van der Waals surface area contributed by atoms with Crippen molar-refractivity contribution in [2.45, 2.75) is 0 Å². The van der Waals surface area contributed by atoms with E-state index in [0.29, 0.717) is 5.15 Å². The normalized spacial score (nSPS) is 10.1. The third-order valence-corrected chi connectivity index (χ3v) is 2.75. The van der Waals surface area contributed by atoms with Crippen LogP contribution < -0.4 is 4.90 Å². The summed E-state index contributed by atoms with van der Waals surface area (Å²) < 4.78 is 0. The van der Waals surface area contributed by atoms with E-state index in [-0.39, 0.29) is 5.69 Å². The number of nitro groups is 1. The SMILES string of the molecule is CN(c1ccc([N+](=O)[O-])cc1)c1ccnc(Cl)c1. The summed E-state index contributed by atoms with van der Waals surface area (Å²) in [6.45, 7) is 0. The Bertz CT molecular complexity index is 572. The van der Waals surface area contributed by atoms with Gasteiger partial charge in [0.25, 0.3) is 5.69 Å². The topological polar surface area (TPSA) is 59.3 Å². The summed E-state index contributed by atoms with van der Waals surface area (Å²) >= 11 is 5.82. The number of nitro benzene ring substituents is 1. The van der Waals surface area contributed by atoms with Crippen molar-refractivity contribution in [1.29, 1.82) is 0 Å². The van der Waals surface area contributed by atoms with E-state index in [9.17, 15) is 10.1 Å². The number of pyridine rings is 1. The van der Waals surface area contributed by atoms with E-state index in [1.807, 2.05) is 18.0 Å². The minimum Gasteiger partial charge on any atom is -0.344 e. The second kappa shape index (κ2) is 5.01. The van der Waals surface area contributed by atoms with Crippen LogP contribution in [0.15, 0.2) is 42.6 Å². The first-order chi connectivity index (χ1) is 8.58. The monoisotopic (exact) mass is 263 g/mol. The van der Waals surface area contributed by atoms with Crippen molar-refractivity contribution in [2.75, 3.05) is 11.9 Å². The lowest BCUT2D eigenvalue weighted by Crippen LogP contribution is -2.09. The van der Waals surface area contributed by atoms with Gasteiger partial charge in [-0.15, -0.1) is 0 Å². The molecule has 0 amide bonds. The van der Waals surface area contributed by atoms with E-state index in [0.717, 1.165) is 11.4 Å². The summed E-state index contributed by atoms with van der Waals surface area (Å²) in [4.78, 5) is 15.9. The van der Waals surface area contributed by atoms with E-state index >= 15 is 0 Å². The molecular formula is C12H10ClN3O2. The fraction of sp³-hybridized carbons (Fsp3) is 0.0833. The van der Waals surface area contributed by atoms with Crippen LogP contribution in [0, 0.1) is 10.1 Å². The van der Waals surface area contributed by atoms with Crippen molar-refractivity contribution < 1.29 is 4.92 Å². The second-order valence-electron chi connectivity index (χ2n) is 3.67. The van der Waals surface area contributed by atoms with Gasteiger partial charge < -0.3 is 4.90 Å². The molecule has 0 aliphatic carbocycles. The molecule has 0 bridgehead atoms. The first kappa shape index (κ1) is 12.3. The number of non-ortho nitro benzene ring substituents is 1. The van der Waals surface area contributed by atoms with Crippen molar-refractivity contribution in [3.05, 3.63) is 57.9 Å². The van der Waals surface area contributed by atoms with Crippen LogP contribution in [0.4, 0.5) is 17.1 Å². The lowest BCUT2D eigenvalue weighted by atomic mass is 10.2. The van der Waals surface area contributed by atoms with Gasteiger partial charge in [0.2, 0.25) is 0 Å². The van der Waals surface area contributed by atoms with Gasteiger partial charge in [0.15, 0.2) is 0 Å². The molecule has 1 heterocycles. The molecule has 0 radical (unpaired) electrons. The van der Waals surface area contributed by atoms with Gasteiger partial charge >= 0.3 is 0 Å². The lowest BCUT2D eigenvalue weighted by molar-refractivity contribution is -0.384. The summed E-state index contributed by atoms with van der Waals surface area (Å²) in [5.74, 6) is 0. The number of nitrogens with zero attached hydrogens (tertiary/aromatic N) is 3. The summed E-state index contributed by atoms with van der Waals surface area (Å²) in [5, 5.41) is 11.0. The number of anilines is 2. The van der Waals surface area contributed by atoms with E-state index in [1.54, 1.807) is 24.4 Å². The quantitative estimate of drug-likeness (QED) is 0.484. The molecular weight excluding hydrogens is 254 g/mol. The van der Waals surface area contributed by atoms with Crippen molar-refractivity contribution in [1.82, 2.24) is 4.98 Å². The Morgan fingerprint density at radius 3 is 2.44 bits per heavy atom. The average molecular weight is 264 g/mol. The number of hydrogen-bond donors (Lipinski definition) is 0. The molecule has 0 spiro atoms. The van der Waals surface area contributed by atoms with E-state index < -0.39 is 4.92 Å². The predicted octanol–water partition coefficient (Wildman–Crippen LogP) is 3.41. The smallest absolute Gasteiger partial charge is 0.269 e. The summed E-state index contributed by atoms with van der Waals surface area (Å²) in [6, 6.07) is 9.85. The number of benzene rings is 1. The van der Waals surface area contributed by atoms with Gasteiger partial charge in [-0.3, -0.25) is 10.1 Å². The highest BCUT2D eigenvalue weighted by atomic mass is 35.5. The van der Waals surface area contributed by atoms with E-state index in [1.165, 1.54) is 12.1 Å². The molecule has 92 valence electrons. The molecule has 18 heavy (non-hydrogen) atoms. The summed E-state index contributed by atoms with van der Waals surface area (Å²) in [7, 11) is 1.85. The number of halogens is 1. The van der Waals surface area contributed by atoms with Gasteiger partial charge in [0.05, 0.1) is 4.92 Å². The zero-order valence-corrected chi connectivity index (χ0v) is 10.3. The molecule has 6 heteroatoms. The molecule has 1 aromatic heterocycles. The van der Waals surface area contributed by atoms with Crippen LogP contribution in [0.2, 0.25) is 5.15 Å². The fourth-order valence-corrected chi connectivity index (χ4v) is 1.72. The van der Waals surface area contributed by atoms with Gasteiger partial charge in [-0.2, -0.15) is 0 Å². The minimum absolute atomic E-state index is 0.0694. The number of hydrogen-bond acceptors (Lipinski definition) is 4. The van der Waals surface area contributed by atoms with Crippen molar-refractivity contribution in [3.8, 4) is 0 Å². The molecule has 0 saturated carbocycles. The maximum Gasteiger partial charge on any atom is 0.269 e. The third-order valence-electron chi connectivity index (χ3n) is 2.55. The van der Waals surface area contributed by atoms with Gasteiger partial charge in [-0.25, -0.2) is 4.98 Å². The van der Waals surface area contributed by atoms with Crippen LogP contribution >= 0.6 is 11.6 Å². The zero-order chi connectivity index (χ0) is 13.1. The zero-order valence-electron chi connectivity index (χ0n) is 9.58. The molecule has 2 aromatic rings. The van der Waals surface area contributed by atoms with Crippen molar-refractivity contribution in [3.63, 3.8) is 0 Å². The highest BCUT2D eigenvalue weighted by Crippen LogP contribution is 2.26. The van der Waals surface area contributed by atoms with Crippen LogP contribution in [0.5, 0.6) is 0 Å². The van der Waals surface area contributed by atoms with Gasteiger partial charge in [0.1, 0.15) is 5.15 Å². The van der Waals surface area contributed by atoms with Crippen LogP contribution in [-0.4, -0.2) is 17.0 Å². The Morgan fingerprint density at radius 1 is 1.22 bits per heavy atom. The van der Waals surface area contributed by atoms with Crippen LogP contribution in [0.3, 0.4) is 0 Å². The van der Waals surface area contributed by atoms with Crippen molar-refractivity contribution in [2.24, 2.45) is 0 Å². The molecule has 0 fully saturated rings. The van der Waals surface area contributed by atoms with Gasteiger partial charge in [-0.05, 0) is 24.3 Å². The standard InChI is InChI=1S/C12H10ClN3O2/c1-15(11-6-7-14-12(13)8-11)9-2-4-10(5-3-9)16(17)18/h2-8H,1H3.